The van der Waals surface area contributed by atoms with Crippen LogP contribution in [0.2, 0.25) is 0 Å². The number of carbonyl (C=O) groups excluding carboxylic acids is 1. The monoisotopic (exact) mass is 214 g/mol. The smallest absolute Gasteiger partial charge is 0.338 e. The van der Waals surface area contributed by atoms with Crippen LogP contribution in [0.1, 0.15) is 24.2 Å². The minimum atomic E-state index is -1.05. The van der Waals surface area contributed by atoms with Gasteiger partial charge in [-0.25, -0.2) is 13.6 Å². The minimum absolute atomic E-state index is 0.0227. The molecule has 0 fully saturated rings. The zero-order chi connectivity index (χ0) is 11.4. The third kappa shape index (κ3) is 3.31. The molecular weight excluding hydrogens is 202 g/mol. The summed E-state index contributed by atoms with van der Waals surface area (Å²) in [5.74, 6) is -2.45. The van der Waals surface area contributed by atoms with E-state index >= 15 is 0 Å². The Hall–Kier alpha value is -1.45. The van der Waals surface area contributed by atoms with Crippen molar-refractivity contribution in [3.8, 4) is 0 Å². The maximum atomic E-state index is 12.8. The molecule has 0 N–H and O–H groups in total. The standard InChI is InChI=1S/C11H12F2O2/c1-7(2)6-15-11(14)8-3-4-9(12)10(13)5-8/h3-5,7H,6H2,1-2H3. The summed E-state index contributed by atoms with van der Waals surface area (Å²) in [4.78, 5) is 11.3. The number of rotatable bonds is 3. The van der Waals surface area contributed by atoms with E-state index in [0.29, 0.717) is 0 Å². The second kappa shape index (κ2) is 4.87. The van der Waals surface area contributed by atoms with Crippen LogP contribution in [0.5, 0.6) is 0 Å². The molecule has 0 aromatic heterocycles. The van der Waals surface area contributed by atoms with Gasteiger partial charge in [-0.2, -0.15) is 0 Å². The lowest BCUT2D eigenvalue weighted by Gasteiger charge is -2.06. The van der Waals surface area contributed by atoms with Gasteiger partial charge in [0.05, 0.1) is 12.2 Å². The highest BCUT2D eigenvalue weighted by atomic mass is 19.2. The van der Waals surface area contributed by atoms with Crippen LogP contribution in [0, 0.1) is 17.6 Å². The van der Waals surface area contributed by atoms with Gasteiger partial charge in [0.2, 0.25) is 0 Å². The highest BCUT2D eigenvalue weighted by Gasteiger charge is 2.11. The van der Waals surface area contributed by atoms with Gasteiger partial charge in [-0.1, -0.05) is 13.8 Å². The third-order valence-electron chi connectivity index (χ3n) is 1.70. The van der Waals surface area contributed by atoms with Crippen molar-refractivity contribution in [3.63, 3.8) is 0 Å². The SMILES string of the molecule is CC(C)COC(=O)c1ccc(F)c(F)c1. The molecule has 4 heteroatoms. The first-order chi connectivity index (χ1) is 7.00. The van der Waals surface area contributed by atoms with E-state index in [-0.39, 0.29) is 18.1 Å². The summed E-state index contributed by atoms with van der Waals surface area (Å²) >= 11 is 0. The number of esters is 1. The Kier molecular flexibility index (Phi) is 3.77. The van der Waals surface area contributed by atoms with E-state index < -0.39 is 17.6 Å². The molecule has 0 heterocycles. The summed E-state index contributed by atoms with van der Waals surface area (Å²) in [6.07, 6.45) is 0. The van der Waals surface area contributed by atoms with Crippen LogP contribution < -0.4 is 0 Å². The predicted molar refractivity (Wildman–Crippen MR) is 51.5 cm³/mol. The van der Waals surface area contributed by atoms with Crippen molar-refractivity contribution in [1.29, 1.82) is 0 Å². The van der Waals surface area contributed by atoms with Crippen LogP contribution in [0.3, 0.4) is 0 Å². The molecule has 0 amide bonds. The highest BCUT2D eigenvalue weighted by molar-refractivity contribution is 5.89. The molecule has 1 aromatic rings. The molecule has 0 unspecified atom stereocenters. The summed E-state index contributed by atoms with van der Waals surface area (Å²) in [5, 5.41) is 0. The molecule has 0 aliphatic carbocycles. The van der Waals surface area contributed by atoms with Gasteiger partial charge in [0.1, 0.15) is 0 Å². The molecule has 1 aromatic carbocycles. The summed E-state index contributed by atoms with van der Waals surface area (Å²) < 4.78 is 30.2. The Morgan fingerprint density at radius 2 is 2.00 bits per heavy atom. The zero-order valence-electron chi connectivity index (χ0n) is 8.59. The topological polar surface area (TPSA) is 26.3 Å². The number of carbonyl (C=O) groups is 1. The number of ether oxygens (including phenoxy) is 1. The average molecular weight is 214 g/mol. The van der Waals surface area contributed by atoms with Crippen LogP contribution in [0.4, 0.5) is 8.78 Å². The molecule has 0 radical (unpaired) electrons. The van der Waals surface area contributed by atoms with Crippen LogP contribution in [0.25, 0.3) is 0 Å². The molecule has 1 rings (SSSR count). The van der Waals surface area contributed by atoms with Gasteiger partial charge in [0.25, 0.3) is 0 Å². The second-order valence-corrected chi connectivity index (χ2v) is 3.62. The fourth-order valence-electron chi connectivity index (χ4n) is 0.949. The summed E-state index contributed by atoms with van der Waals surface area (Å²) in [6, 6.07) is 2.93. The Balaban J connectivity index is 2.70. The summed E-state index contributed by atoms with van der Waals surface area (Å²) in [7, 11) is 0. The van der Waals surface area contributed by atoms with Crippen molar-refractivity contribution in [3.05, 3.63) is 35.4 Å². The largest absolute Gasteiger partial charge is 0.462 e. The molecule has 0 saturated carbocycles. The zero-order valence-corrected chi connectivity index (χ0v) is 8.59. The van der Waals surface area contributed by atoms with Crippen molar-refractivity contribution in [1.82, 2.24) is 0 Å². The molecule has 0 bridgehead atoms. The summed E-state index contributed by atoms with van der Waals surface area (Å²) in [6.45, 7) is 4.04. The third-order valence-corrected chi connectivity index (χ3v) is 1.70. The first-order valence-corrected chi connectivity index (χ1v) is 4.63. The molecule has 0 atom stereocenters. The van der Waals surface area contributed by atoms with Crippen LogP contribution in [-0.2, 0) is 4.74 Å². The summed E-state index contributed by atoms with van der Waals surface area (Å²) in [5.41, 5.74) is 0.0227. The van der Waals surface area contributed by atoms with E-state index in [9.17, 15) is 13.6 Å². The molecular formula is C11H12F2O2. The number of halogens is 2. The molecule has 0 aliphatic heterocycles. The predicted octanol–water partition coefficient (Wildman–Crippen LogP) is 2.78. The Morgan fingerprint density at radius 1 is 1.33 bits per heavy atom. The second-order valence-electron chi connectivity index (χ2n) is 3.62. The Bertz CT molecular complexity index is 362. The van der Waals surface area contributed by atoms with Crippen molar-refractivity contribution in [2.75, 3.05) is 6.61 Å². The van der Waals surface area contributed by atoms with Crippen LogP contribution in [0.15, 0.2) is 18.2 Å². The first-order valence-electron chi connectivity index (χ1n) is 4.63. The van der Waals surface area contributed by atoms with Gasteiger partial charge in [0, 0.05) is 0 Å². The van der Waals surface area contributed by atoms with Gasteiger partial charge >= 0.3 is 5.97 Å². The van der Waals surface area contributed by atoms with E-state index in [1.165, 1.54) is 6.07 Å². The fourth-order valence-corrected chi connectivity index (χ4v) is 0.949. The van der Waals surface area contributed by atoms with Gasteiger partial charge in [-0.15, -0.1) is 0 Å². The van der Waals surface area contributed by atoms with Crippen LogP contribution in [-0.4, -0.2) is 12.6 Å². The van der Waals surface area contributed by atoms with E-state index in [2.05, 4.69) is 0 Å². The average Bonchev–Trinajstić information content (AvgIpc) is 2.18. The van der Waals surface area contributed by atoms with Gasteiger partial charge < -0.3 is 4.74 Å². The maximum Gasteiger partial charge on any atom is 0.338 e. The maximum absolute atomic E-state index is 12.8. The molecule has 0 aliphatic rings. The highest BCUT2D eigenvalue weighted by Crippen LogP contribution is 2.10. The van der Waals surface area contributed by atoms with Crippen molar-refractivity contribution in [2.24, 2.45) is 5.92 Å². The van der Waals surface area contributed by atoms with Gasteiger partial charge in [-0.05, 0) is 24.1 Å². The van der Waals surface area contributed by atoms with E-state index in [0.717, 1.165) is 12.1 Å². The molecule has 15 heavy (non-hydrogen) atoms. The van der Waals surface area contributed by atoms with E-state index in [4.69, 9.17) is 4.74 Å². The van der Waals surface area contributed by atoms with Crippen molar-refractivity contribution < 1.29 is 18.3 Å². The lowest BCUT2D eigenvalue weighted by Crippen LogP contribution is -2.10. The lowest BCUT2D eigenvalue weighted by atomic mass is 10.2. The van der Waals surface area contributed by atoms with Gasteiger partial charge in [-0.3, -0.25) is 0 Å². The van der Waals surface area contributed by atoms with Crippen molar-refractivity contribution in [2.45, 2.75) is 13.8 Å². The normalized spacial score (nSPS) is 10.5. The van der Waals surface area contributed by atoms with Crippen molar-refractivity contribution >= 4 is 5.97 Å². The molecule has 0 spiro atoms. The lowest BCUT2D eigenvalue weighted by molar-refractivity contribution is 0.0458. The van der Waals surface area contributed by atoms with E-state index in [1.807, 2.05) is 13.8 Å². The minimum Gasteiger partial charge on any atom is -0.462 e. The quantitative estimate of drug-likeness (QED) is 0.723. The number of benzene rings is 1. The fraction of sp³-hybridized carbons (Fsp3) is 0.364. The first kappa shape index (κ1) is 11.6. The Morgan fingerprint density at radius 3 is 2.53 bits per heavy atom. The molecule has 2 nitrogen and oxygen atoms in total. The number of hydrogen-bond donors (Lipinski definition) is 0. The van der Waals surface area contributed by atoms with Crippen LogP contribution >= 0.6 is 0 Å². The van der Waals surface area contributed by atoms with Gasteiger partial charge in [0.15, 0.2) is 11.6 Å². The van der Waals surface area contributed by atoms with E-state index in [1.54, 1.807) is 0 Å². The molecule has 0 saturated heterocycles. The number of hydrogen-bond acceptors (Lipinski definition) is 2. The Labute approximate surface area is 86.9 Å². The molecule has 82 valence electrons.